The molecule has 1 heterocycles. The molecule has 1 atom stereocenters. The van der Waals surface area contributed by atoms with E-state index in [-0.39, 0.29) is 6.42 Å². The quantitative estimate of drug-likeness (QED) is 0.812. The van der Waals surface area contributed by atoms with E-state index < -0.39 is 18.7 Å². The highest BCUT2D eigenvalue weighted by Gasteiger charge is 2.31. The SMILES string of the molecule is Cn1ccc(CC(O)CC(F)(F)F)n1. The second-order valence-electron chi connectivity index (χ2n) is 3.16. The van der Waals surface area contributed by atoms with Crippen molar-refractivity contribution < 1.29 is 18.3 Å². The number of hydrogen-bond acceptors (Lipinski definition) is 2. The molecule has 0 aliphatic heterocycles. The van der Waals surface area contributed by atoms with Crippen molar-refractivity contribution in [3.8, 4) is 0 Å². The Morgan fingerprint density at radius 3 is 2.64 bits per heavy atom. The Bertz CT molecular complexity index is 295. The third-order valence-corrected chi connectivity index (χ3v) is 1.68. The first-order valence-corrected chi connectivity index (χ1v) is 4.10. The summed E-state index contributed by atoms with van der Waals surface area (Å²) in [6.45, 7) is 0. The van der Waals surface area contributed by atoms with Crippen molar-refractivity contribution in [2.75, 3.05) is 0 Å². The minimum atomic E-state index is -4.33. The third kappa shape index (κ3) is 3.78. The van der Waals surface area contributed by atoms with E-state index in [0.717, 1.165) is 0 Å². The summed E-state index contributed by atoms with van der Waals surface area (Å²) in [6.07, 6.45) is -5.38. The van der Waals surface area contributed by atoms with Gasteiger partial charge in [0.05, 0.1) is 18.2 Å². The second-order valence-corrected chi connectivity index (χ2v) is 3.16. The molecule has 14 heavy (non-hydrogen) atoms. The van der Waals surface area contributed by atoms with Crippen LogP contribution in [0.5, 0.6) is 0 Å². The van der Waals surface area contributed by atoms with Crippen molar-refractivity contribution >= 4 is 0 Å². The first-order valence-electron chi connectivity index (χ1n) is 4.10. The monoisotopic (exact) mass is 208 g/mol. The first kappa shape index (κ1) is 11.0. The van der Waals surface area contributed by atoms with Gasteiger partial charge in [0.1, 0.15) is 0 Å². The molecule has 0 saturated heterocycles. The molecule has 0 spiro atoms. The summed E-state index contributed by atoms with van der Waals surface area (Å²) in [5, 5.41) is 12.9. The molecule has 0 radical (unpaired) electrons. The Morgan fingerprint density at radius 2 is 2.21 bits per heavy atom. The van der Waals surface area contributed by atoms with E-state index in [9.17, 15) is 13.2 Å². The van der Waals surface area contributed by atoms with Crippen LogP contribution in [0.15, 0.2) is 12.3 Å². The first-order chi connectivity index (χ1) is 6.37. The predicted octanol–water partition coefficient (Wildman–Crippen LogP) is 1.28. The lowest BCUT2D eigenvalue weighted by molar-refractivity contribution is -0.153. The van der Waals surface area contributed by atoms with E-state index in [4.69, 9.17) is 5.11 Å². The number of aliphatic hydroxyl groups is 1. The van der Waals surface area contributed by atoms with Gasteiger partial charge in [-0.2, -0.15) is 18.3 Å². The summed E-state index contributed by atoms with van der Waals surface area (Å²) in [7, 11) is 1.67. The van der Waals surface area contributed by atoms with Crippen LogP contribution in [-0.2, 0) is 13.5 Å². The Morgan fingerprint density at radius 1 is 1.57 bits per heavy atom. The lowest BCUT2D eigenvalue weighted by Crippen LogP contribution is -2.21. The predicted molar refractivity (Wildman–Crippen MR) is 43.6 cm³/mol. The van der Waals surface area contributed by atoms with E-state index in [1.807, 2.05) is 0 Å². The molecule has 1 rings (SSSR count). The highest BCUT2D eigenvalue weighted by molar-refractivity contribution is 5.00. The highest BCUT2D eigenvalue weighted by Crippen LogP contribution is 2.22. The fraction of sp³-hybridized carbons (Fsp3) is 0.625. The summed E-state index contributed by atoms with van der Waals surface area (Å²) in [5.74, 6) is 0. The Kier molecular flexibility index (Phi) is 3.15. The van der Waals surface area contributed by atoms with E-state index in [1.165, 1.54) is 4.68 Å². The zero-order valence-corrected chi connectivity index (χ0v) is 7.62. The Hall–Kier alpha value is -1.04. The molecule has 0 aliphatic carbocycles. The summed E-state index contributed by atoms with van der Waals surface area (Å²) in [4.78, 5) is 0. The van der Waals surface area contributed by atoms with E-state index in [2.05, 4.69) is 5.10 Å². The average molecular weight is 208 g/mol. The van der Waals surface area contributed by atoms with Crippen molar-refractivity contribution in [2.45, 2.75) is 25.1 Å². The summed E-state index contributed by atoms with van der Waals surface area (Å²) in [5.41, 5.74) is 0.462. The Balaban J connectivity index is 2.45. The van der Waals surface area contributed by atoms with Crippen LogP contribution in [0.3, 0.4) is 0 Å². The molecule has 3 nitrogen and oxygen atoms in total. The number of rotatable bonds is 3. The minimum Gasteiger partial charge on any atom is -0.392 e. The van der Waals surface area contributed by atoms with Gasteiger partial charge in [-0.15, -0.1) is 0 Å². The zero-order valence-electron chi connectivity index (χ0n) is 7.62. The maximum Gasteiger partial charge on any atom is 0.391 e. The van der Waals surface area contributed by atoms with E-state index >= 15 is 0 Å². The molecule has 0 bridgehead atoms. The van der Waals surface area contributed by atoms with Crippen LogP contribution in [0, 0.1) is 0 Å². The van der Waals surface area contributed by atoms with Gasteiger partial charge in [0.2, 0.25) is 0 Å². The standard InChI is InChI=1S/C8H11F3N2O/c1-13-3-2-6(12-13)4-7(14)5-8(9,10)11/h2-3,7,14H,4-5H2,1H3. The maximum absolute atomic E-state index is 11.8. The van der Waals surface area contributed by atoms with Crippen molar-refractivity contribution in [2.24, 2.45) is 7.05 Å². The van der Waals surface area contributed by atoms with Gasteiger partial charge in [0, 0.05) is 19.7 Å². The second kappa shape index (κ2) is 4.00. The lowest BCUT2D eigenvalue weighted by atomic mass is 10.1. The number of halogens is 3. The number of hydrogen-bond donors (Lipinski definition) is 1. The molecular weight excluding hydrogens is 197 g/mol. The molecule has 0 saturated carbocycles. The molecule has 0 aliphatic rings. The van der Waals surface area contributed by atoms with Gasteiger partial charge in [-0.1, -0.05) is 0 Å². The topological polar surface area (TPSA) is 38.0 Å². The van der Waals surface area contributed by atoms with Crippen LogP contribution in [0.25, 0.3) is 0 Å². The van der Waals surface area contributed by atoms with Gasteiger partial charge in [-0.05, 0) is 6.07 Å². The van der Waals surface area contributed by atoms with Gasteiger partial charge < -0.3 is 5.11 Å². The molecule has 0 aromatic carbocycles. The molecule has 0 fully saturated rings. The number of aromatic nitrogens is 2. The number of aliphatic hydroxyl groups excluding tert-OH is 1. The van der Waals surface area contributed by atoms with Crippen LogP contribution in [0.1, 0.15) is 12.1 Å². The van der Waals surface area contributed by atoms with E-state index in [1.54, 1.807) is 19.3 Å². The van der Waals surface area contributed by atoms with E-state index in [0.29, 0.717) is 5.69 Å². The Labute approximate surface area is 79.2 Å². The molecular formula is C8H11F3N2O. The summed E-state index contributed by atoms with van der Waals surface area (Å²) >= 11 is 0. The van der Waals surface area contributed by atoms with Crippen LogP contribution >= 0.6 is 0 Å². The largest absolute Gasteiger partial charge is 0.392 e. The fourth-order valence-electron chi connectivity index (χ4n) is 1.15. The van der Waals surface area contributed by atoms with Gasteiger partial charge in [-0.3, -0.25) is 4.68 Å². The lowest BCUT2D eigenvalue weighted by Gasteiger charge is -2.11. The molecule has 0 amide bonds. The van der Waals surface area contributed by atoms with Crippen molar-refractivity contribution in [3.63, 3.8) is 0 Å². The molecule has 1 unspecified atom stereocenters. The van der Waals surface area contributed by atoms with Gasteiger partial charge >= 0.3 is 6.18 Å². The molecule has 80 valence electrons. The number of nitrogens with zero attached hydrogens (tertiary/aromatic N) is 2. The van der Waals surface area contributed by atoms with Crippen molar-refractivity contribution in [3.05, 3.63) is 18.0 Å². The number of aryl methyl sites for hydroxylation is 1. The van der Waals surface area contributed by atoms with Crippen LogP contribution < -0.4 is 0 Å². The highest BCUT2D eigenvalue weighted by atomic mass is 19.4. The van der Waals surface area contributed by atoms with Gasteiger partial charge in [0.25, 0.3) is 0 Å². The zero-order chi connectivity index (χ0) is 10.8. The minimum absolute atomic E-state index is 0.0691. The molecule has 1 aromatic heterocycles. The fourth-order valence-corrected chi connectivity index (χ4v) is 1.15. The maximum atomic E-state index is 11.8. The number of alkyl halides is 3. The van der Waals surface area contributed by atoms with Gasteiger partial charge in [0.15, 0.2) is 0 Å². The third-order valence-electron chi connectivity index (χ3n) is 1.68. The van der Waals surface area contributed by atoms with Crippen LogP contribution in [0.4, 0.5) is 13.2 Å². The average Bonchev–Trinajstić information content (AvgIpc) is 2.30. The summed E-state index contributed by atoms with van der Waals surface area (Å²) in [6, 6.07) is 1.58. The molecule has 6 heteroatoms. The van der Waals surface area contributed by atoms with Gasteiger partial charge in [-0.25, -0.2) is 0 Å². The molecule has 1 N–H and O–H groups in total. The smallest absolute Gasteiger partial charge is 0.391 e. The van der Waals surface area contributed by atoms with Crippen molar-refractivity contribution in [1.82, 2.24) is 9.78 Å². The normalized spacial score (nSPS) is 14.4. The summed E-state index contributed by atoms with van der Waals surface area (Å²) < 4.78 is 37.0. The molecule has 1 aromatic rings. The van der Waals surface area contributed by atoms with Crippen LogP contribution in [-0.4, -0.2) is 27.2 Å². The van der Waals surface area contributed by atoms with Crippen LogP contribution in [0.2, 0.25) is 0 Å². The van der Waals surface area contributed by atoms with Crippen molar-refractivity contribution in [1.29, 1.82) is 0 Å².